The molecule has 2 heterocycles. The maximum atomic E-state index is 14.4. The number of halogens is 1. The largest absolute Gasteiger partial charge is 0.489 e. The summed E-state index contributed by atoms with van der Waals surface area (Å²) in [6, 6.07) is 19.8. The molecular formula is C54H69ClN8O8S. The van der Waals surface area contributed by atoms with Crippen molar-refractivity contribution in [3.63, 3.8) is 0 Å². The molecule has 18 heteroatoms. The fourth-order valence-corrected chi connectivity index (χ4v) is 11.0. The number of aryl methyl sites for hydroxylation is 1. The first kappa shape index (κ1) is 55.3. The van der Waals surface area contributed by atoms with Crippen molar-refractivity contribution in [2.24, 2.45) is 22.0 Å². The number of nitrogens with one attached hydrogen (secondary N) is 4. The Morgan fingerprint density at radius 3 is 2.28 bits per heavy atom. The first-order valence-corrected chi connectivity index (χ1v) is 25.7. The van der Waals surface area contributed by atoms with Crippen LogP contribution in [0, 0.1) is 34.5 Å². The van der Waals surface area contributed by atoms with Crippen LogP contribution in [0.2, 0.25) is 5.02 Å². The Labute approximate surface area is 432 Å². The zero-order valence-electron chi connectivity index (χ0n) is 42.7. The predicted molar refractivity (Wildman–Crippen MR) is 278 cm³/mol. The molecule has 4 amide bonds. The molecule has 2 fully saturated rings. The van der Waals surface area contributed by atoms with Crippen LogP contribution in [-0.4, -0.2) is 103 Å². The summed E-state index contributed by atoms with van der Waals surface area (Å²) in [7, 11) is 0. The monoisotopic (exact) mass is 1020 g/mol. The average Bonchev–Trinajstić information content (AvgIpc) is 3.98. The lowest BCUT2D eigenvalue weighted by Crippen LogP contribution is -2.74. The number of carbonyl (C=O) groups excluding carboxylic acids is 5. The van der Waals surface area contributed by atoms with Crippen molar-refractivity contribution >= 4 is 58.2 Å². The van der Waals surface area contributed by atoms with E-state index in [2.05, 4.69) is 60.0 Å². The number of hydrogen-bond acceptors (Lipinski definition) is 13. The van der Waals surface area contributed by atoms with Gasteiger partial charge in [-0.1, -0.05) is 84.3 Å². The number of thiazole rings is 1. The van der Waals surface area contributed by atoms with Crippen molar-refractivity contribution in [3.8, 4) is 22.3 Å². The van der Waals surface area contributed by atoms with Gasteiger partial charge in [-0.25, -0.2) is 4.98 Å². The summed E-state index contributed by atoms with van der Waals surface area (Å²) in [6.07, 6.45) is 1.48. The molecule has 386 valence electrons. The van der Waals surface area contributed by atoms with Gasteiger partial charge in [0.2, 0.25) is 17.7 Å². The van der Waals surface area contributed by atoms with Gasteiger partial charge in [-0.2, -0.15) is 5.26 Å². The van der Waals surface area contributed by atoms with Crippen LogP contribution in [0.25, 0.3) is 10.4 Å². The van der Waals surface area contributed by atoms with Crippen LogP contribution in [0.1, 0.15) is 114 Å². The third kappa shape index (κ3) is 13.3. The number of ether oxygens (including phenoxy) is 3. The Bertz CT molecular complexity index is 2590. The van der Waals surface area contributed by atoms with Crippen molar-refractivity contribution in [2.45, 2.75) is 124 Å². The molecule has 6 N–H and O–H groups in total. The summed E-state index contributed by atoms with van der Waals surface area (Å²) >= 11 is 7.80. The summed E-state index contributed by atoms with van der Waals surface area (Å²) in [5, 5.41) is 22.1. The fraction of sp³-hybridized carbons (Fsp3) is 0.500. The molecule has 4 atom stereocenters. The van der Waals surface area contributed by atoms with E-state index in [1.807, 2.05) is 71.0 Å². The maximum absolute atomic E-state index is 14.4. The molecule has 3 aromatic carbocycles. The highest BCUT2D eigenvalue weighted by Crippen LogP contribution is 2.55. The van der Waals surface area contributed by atoms with E-state index in [1.54, 1.807) is 47.2 Å². The number of likely N-dealkylation sites (tertiary alicyclic amines) is 1. The molecule has 2 aliphatic rings. The second-order valence-electron chi connectivity index (χ2n) is 21.0. The number of nitriles is 1. The van der Waals surface area contributed by atoms with Gasteiger partial charge in [0.05, 0.1) is 45.8 Å². The van der Waals surface area contributed by atoms with Crippen LogP contribution in [0.4, 0.5) is 5.69 Å². The lowest BCUT2D eigenvalue weighted by molar-refractivity contribution is -0.164. The van der Waals surface area contributed by atoms with E-state index in [0.29, 0.717) is 41.5 Å². The average molecular weight is 1030 g/mol. The third-order valence-corrected chi connectivity index (χ3v) is 14.9. The molecule has 1 saturated heterocycles. The quantitative estimate of drug-likeness (QED) is 0.0399. The standard InChI is InChI=1S/C54H69ClN8O8S/c1-32(34-13-15-35(16-14-34)45-33(2)59-31-72-45)60-48(67)42-26-40(70-44(65)28-57)29-63(42)49(68)46(52(3,4)5)61-43(64)30-69-24-12-10-11-23-58-38-20-17-36(18-21-38)47(66)62-50-53(6,7)51(54(50,8)9)71-39-22-19-37(27-56)41(55)25-39/h13-22,25,31-32,40,42,46,50-51,58H,10-12,23-24,26,28-30,57H2,1-9H3,(H,60,67)(H,61,64)(H,62,66)/t32?,40-,42+,46-,50-,51-/m1/s1. The number of benzene rings is 3. The number of nitrogens with two attached hydrogens (primary N) is 1. The highest BCUT2D eigenvalue weighted by Gasteiger charge is 2.64. The van der Waals surface area contributed by atoms with Gasteiger partial charge >= 0.3 is 5.97 Å². The molecule has 72 heavy (non-hydrogen) atoms. The lowest BCUT2D eigenvalue weighted by Gasteiger charge is -2.63. The number of anilines is 1. The first-order valence-electron chi connectivity index (χ1n) is 24.4. The topological polar surface area (TPSA) is 227 Å². The van der Waals surface area contributed by atoms with E-state index in [-0.39, 0.29) is 55.0 Å². The number of esters is 1. The summed E-state index contributed by atoms with van der Waals surface area (Å²) in [5.41, 5.74) is 10.5. The van der Waals surface area contributed by atoms with Crippen LogP contribution in [0.15, 0.2) is 72.2 Å². The van der Waals surface area contributed by atoms with Gasteiger partial charge in [-0.3, -0.25) is 24.0 Å². The van der Waals surface area contributed by atoms with Gasteiger partial charge in [0.1, 0.15) is 42.7 Å². The minimum atomic E-state index is -1.01. The first-order chi connectivity index (χ1) is 34.0. The Morgan fingerprint density at radius 1 is 0.972 bits per heavy atom. The molecule has 1 saturated carbocycles. The highest BCUT2D eigenvalue weighted by molar-refractivity contribution is 7.13. The Hall–Kier alpha value is -6.06. The van der Waals surface area contributed by atoms with Crippen LogP contribution >= 0.6 is 22.9 Å². The molecule has 0 radical (unpaired) electrons. The van der Waals surface area contributed by atoms with E-state index in [0.717, 1.165) is 40.2 Å². The second kappa shape index (κ2) is 23.7. The normalized spacial score (nSPS) is 19.7. The summed E-state index contributed by atoms with van der Waals surface area (Å²) in [6.45, 7) is 18.0. The van der Waals surface area contributed by atoms with Crippen LogP contribution < -0.4 is 31.7 Å². The van der Waals surface area contributed by atoms with E-state index in [1.165, 1.54) is 4.90 Å². The zero-order valence-corrected chi connectivity index (χ0v) is 44.3. The number of aromatic nitrogens is 1. The molecule has 6 rings (SSSR count). The summed E-state index contributed by atoms with van der Waals surface area (Å²) < 4.78 is 17.6. The predicted octanol–water partition coefficient (Wildman–Crippen LogP) is 7.73. The summed E-state index contributed by atoms with van der Waals surface area (Å²) in [4.78, 5) is 74.0. The van der Waals surface area contributed by atoms with Gasteiger partial charge in [-0.15, -0.1) is 11.3 Å². The molecule has 16 nitrogen and oxygen atoms in total. The number of unbranched alkanes of at least 4 members (excludes halogenated alkanes) is 2. The van der Waals surface area contributed by atoms with E-state index in [4.69, 9.17) is 31.5 Å². The van der Waals surface area contributed by atoms with E-state index < -0.39 is 53.3 Å². The highest BCUT2D eigenvalue weighted by atomic mass is 35.5. The smallest absolute Gasteiger partial charge is 0.320 e. The fourth-order valence-electron chi connectivity index (χ4n) is 9.97. The Morgan fingerprint density at radius 2 is 1.67 bits per heavy atom. The minimum absolute atomic E-state index is 0.0356. The Balaban J connectivity index is 0.922. The van der Waals surface area contributed by atoms with Gasteiger partial charge in [-0.05, 0) is 86.1 Å². The SMILES string of the molecule is Cc1ncsc1-c1ccc(C(C)NC(=O)[C@@H]2C[C@@H](OC(=O)CN)CN2C(=O)[C@@H](NC(=O)COCCCCCNc2ccc(C(=O)N[C@H]3C(C)(C)[C@H](Oc4ccc(C#N)c(Cl)c4)C3(C)C)cc2)C(C)(C)C)cc1. The number of hydrogen-bond donors (Lipinski definition) is 5. The number of rotatable bonds is 21. The second-order valence-corrected chi connectivity index (χ2v) is 22.2. The Kier molecular flexibility index (Phi) is 18.2. The molecule has 1 aliphatic heterocycles. The van der Waals surface area contributed by atoms with Crippen molar-refractivity contribution in [3.05, 3.63) is 99.6 Å². The molecule has 0 bridgehead atoms. The van der Waals surface area contributed by atoms with Crippen LogP contribution in [0.5, 0.6) is 5.75 Å². The molecule has 0 spiro atoms. The molecule has 1 aromatic heterocycles. The lowest BCUT2D eigenvalue weighted by atomic mass is 9.49. The number of carbonyl (C=O) groups is 5. The molecule has 1 unspecified atom stereocenters. The van der Waals surface area contributed by atoms with Crippen molar-refractivity contribution in [1.29, 1.82) is 5.26 Å². The van der Waals surface area contributed by atoms with Crippen LogP contribution in [-0.2, 0) is 28.7 Å². The van der Waals surface area contributed by atoms with Crippen molar-refractivity contribution < 1.29 is 38.2 Å². The van der Waals surface area contributed by atoms with Gasteiger partial charge in [0.25, 0.3) is 5.91 Å². The van der Waals surface area contributed by atoms with E-state index in [9.17, 15) is 29.2 Å². The minimum Gasteiger partial charge on any atom is -0.489 e. The van der Waals surface area contributed by atoms with Crippen molar-refractivity contribution in [1.82, 2.24) is 25.8 Å². The number of amides is 4. The maximum Gasteiger partial charge on any atom is 0.320 e. The molecule has 1 aliphatic carbocycles. The number of nitrogens with zero attached hydrogens (tertiary/aromatic N) is 3. The van der Waals surface area contributed by atoms with Gasteiger partial charge < -0.3 is 46.1 Å². The van der Waals surface area contributed by atoms with E-state index >= 15 is 0 Å². The van der Waals surface area contributed by atoms with Crippen LogP contribution in [0.3, 0.4) is 0 Å². The molecular weight excluding hydrogens is 956 g/mol. The van der Waals surface area contributed by atoms with Crippen molar-refractivity contribution in [2.75, 3.05) is 38.2 Å². The van der Waals surface area contributed by atoms with Gasteiger partial charge in [0.15, 0.2) is 0 Å². The third-order valence-electron chi connectivity index (χ3n) is 13.6. The zero-order chi connectivity index (χ0) is 52.5. The molecule has 4 aromatic rings. The van der Waals surface area contributed by atoms with Gasteiger partial charge in [0, 0.05) is 53.8 Å². The summed E-state index contributed by atoms with van der Waals surface area (Å²) in [5.74, 6) is -1.59.